The first-order valence-electron chi connectivity index (χ1n) is 8.03. The smallest absolute Gasteiger partial charge is 0.314 e. The van der Waals surface area contributed by atoms with Crippen molar-refractivity contribution in [1.82, 2.24) is 5.32 Å². The van der Waals surface area contributed by atoms with Gasteiger partial charge in [-0.1, -0.05) is 12.1 Å². The van der Waals surface area contributed by atoms with E-state index >= 15 is 0 Å². The monoisotopic (exact) mass is 360 g/mol. The van der Waals surface area contributed by atoms with Gasteiger partial charge in [-0.15, -0.1) is 0 Å². The van der Waals surface area contributed by atoms with Crippen LogP contribution >= 0.6 is 0 Å². The average molecular weight is 360 g/mol. The van der Waals surface area contributed by atoms with E-state index in [1.54, 1.807) is 0 Å². The van der Waals surface area contributed by atoms with Gasteiger partial charge in [0.25, 0.3) is 5.91 Å². The predicted octanol–water partition coefficient (Wildman–Crippen LogP) is 3.14. The highest BCUT2D eigenvalue weighted by atomic mass is 19.1. The van der Waals surface area contributed by atoms with E-state index in [0.29, 0.717) is 11.3 Å². The lowest BCUT2D eigenvalue weighted by atomic mass is 10.1. The SMILES string of the molecule is COc1ccc(O[C@H](C(=O)NC2CC2)c2ccc(F)cc2)c([N+](=O)[O-])c1. The van der Waals surface area contributed by atoms with Crippen molar-refractivity contribution in [2.24, 2.45) is 0 Å². The topological polar surface area (TPSA) is 90.7 Å². The number of hydrogen-bond acceptors (Lipinski definition) is 5. The summed E-state index contributed by atoms with van der Waals surface area (Å²) >= 11 is 0. The van der Waals surface area contributed by atoms with E-state index in [-0.39, 0.29) is 17.5 Å². The summed E-state index contributed by atoms with van der Waals surface area (Å²) in [5.41, 5.74) is 0.0744. The van der Waals surface area contributed by atoms with Crippen LogP contribution in [0.3, 0.4) is 0 Å². The molecule has 2 aromatic rings. The molecule has 3 rings (SSSR count). The van der Waals surface area contributed by atoms with Gasteiger partial charge in [-0.3, -0.25) is 14.9 Å². The number of halogens is 1. The van der Waals surface area contributed by atoms with E-state index in [0.717, 1.165) is 12.8 Å². The molecule has 0 heterocycles. The number of nitrogens with one attached hydrogen (secondary N) is 1. The molecule has 7 nitrogen and oxygen atoms in total. The number of nitro groups is 1. The van der Waals surface area contributed by atoms with Crippen LogP contribution in [-0.2, 0) is 4.79 Å². The third-order valence-corrected chi connectivity index (χ3v) is 3.94. The molecule has 0 spiro atoms. The summed E-state index contributed by atoms with van der Waals surface area (Å²) < 4.78 is 23.9. The van der Waals surface area contributed by atoms with E-state index in [1.165, 1.54) is 49.6 Å². The van der Waals surface area contributed by atoms with Crippen molar-refractivity contribution < 1.29 is 23.6 Å². The quantitative estimate of drug-likeness (QED) is 0.605. The molecule has 136 valence electrons. The molecule has 1 amide bonds. The molecule has 0 unspecified atom stereocenters. The maximum Gasteiger partial charge on any atom is 0.314 e. The molecule has 8 heteroatoms. The average Bonchev–Trinajstić information content (AvgIpc) is 3.44. The highest BCUT2D eigenvalue weighted by Gasteiger charge is 2.31. The van der Waals surface area contributed by atoms with Crippen LogP contribution < -0.4 is 14.8 Å². The predicted molar refractivity (Wildman–Crippen MR) is 90.6 cm³/mol. The number of rotatable bonds is 7. The first kappa shape index (κ1) is 17.7. The number of carbonyl (C=O) groups excluding carboxylic acids is 1. The Labute approximate surface area is 148 Å². The van der Waals surface area contributed by atoms with Gasteiger partial charge in [0.1, 0.15) is 11.6 Å². The van der Waals surface area contributed by atoms with Gasteiger partial charge in [-0.25, -0.2) is 4.39 Å². The Morgan fingerprint density at radius 1 is 1.27 bits per heavy atom. The molecule has 1 atom stereocenters. The van der Waals surface area contributed by atoms with Crippen LogP contribution in [0.1, 0.15) is 24.5 Å². The standard InChI is InChI=1S/C18H17FN2O5/c1-25-14-8-9-16(15(10-14)21(23)24)26-17(18(22)20-13-6-7-13)11-2-4-12(19)5-3-11/h2-5,8-10,13,17H,6-7H2,1H3,(H,20,22)/t17-/m0/s1. The molecular formula is C18H17FN2O5. The van der Waals surface area contributed by atoms with Crippen molar-refractivity contribution in [2.45, 2.75) is 25.0 Å². The number of nitrogens with zero attached hydrogens (tertiary/aromatic N) is 1. The highest BCUT2D eigenvalue weighted by Crippen LogP contribution is 2.34. The number of carbonyl (C=O) groups is 1. The second-order valence-electron chi connectivity index (χ2n) is 5.92. The highest BCUT2D eigenvalue weighted by molar-refractivity contribution is 5.83. The molecule has 2 aromatic carbocycles. The minimum Gasteiger partial charge on any atom is -0.496 e. The largest absolute Gasteiger partial charge is 0.496 e. The van der Waals surface area contributed by atoms with Crippen molar-refractivity contribution in [3.05, 3.63) is 64.0 Å². The van der Waals surface area contributed by atoms with Crippen LogP contribution in [0.2, 0.25) is 0 Å². The summed E-state index contributed by atoms with van der Waals surface area (Å²) in [5.74, 6) is -0.657. The molecule has 0 bridgehead atoms. The number of amides is 1. The Morgan fingerprint density at radius 3 is 2.54 bits per heavy atom. The molecule has 0 saturated heterocycles. The molecule has 0 aliphatic heterocycles. The number of hydrogen-bond donors (Lipinski definition) is 1. The van der Waals surface area contributed by atoms with Gasteiger partial charge in [0.05, 0.1) is 18.1 Å². The number of methoxy groups -OCH3 is 1. The Hall–Kier alpha value is -3.16. The fraction of sp³-hybridized carbons (Fsp3) is 0.278. The Kier molecular flexibility index (Phi) is 5.01. The zero-order chi connectivity index (χ0) is 18.7. The van der Waals surface area contributed by atoms with Crippen molar-refractivity contribution >= 4 is 11.6 Å². The van der Waals surface area contributed by atoms with E-state index in [9.17, 15) is 19.3 Å². The Bertz CT molecular complexity index is 821. The van der Waals surface area contributed by atoms with Crippen LogP contribution in [0, 0.1) is 15.9 Å². The maximum atomic E-state index is 13.2. The molecule has 1 saturated carbocycles. The first-order chi connectivity index (χ1) is 12.5. The van der Waals surface area contributed by atoms with Gasteiger partial charge >= 0.3 is 5.69 Å². The number of benzene rings is 2. The fourth-order valence-electron chi connectivity index (χ4n) is 2.41. The third-order valence-electron chi connectivity index (χ3n) is 3.94. The Morgan fingerprint density at radius 2 is 1.96 bits per heavy atom. The third kappa shape index (κ3) is 4.08. The minimum atomic E-state index is -1.14. The van der Waals surface area contributed by atoms with Crippen molar-refractivity contribution in [3.8, 4) is 11.5 Å². The lowest BCUT2D eigenvalue weighted by molar-refractivity contribution is -0.386. The van der Waals surface area contributed by atoms with Crippen molar-refractivity contribution in [2.75, 3.05) is 7.11 Å². The zero-order valence-electron chi connectivity index (χ0n) is 14.0. The molecule has 0 radical (unpaired) electrons. The van der Waals surface area contributed by atoms with Gasteiger partial charge in [-0.2, -0.15) is 0 Å². The molecule has 1 fully saturated rings. The summed E-state index contributed by atoms with van der Waals surface area (Å²) in [5, 5.41) is 14.1. The second-order valence-corrected chi connectivity index (χ2v) is 5.92. The molecule has 1 aliphatic carbocycles. The summed E-state index contributed by atoms with van der Waals surface area (Å²) in [6.45, 7) is 0. The van der Waals surface area contributed by atoms with E-state index in [1.807, 2.05) is 0 Å². The molecular weight excluding hydrogens is 343 g/mol. The summed E-state index contributed by atoms with van der Waals surface area (Å²) in [6.07, 6.45) is 0.623. The van der Waals surface area contributed by atoms with E-state index in [2.05, 4.69) is 5.32 Å². The van der Waals surface area contributed by atoms with Crippen LogP contribution in [-0.4, -0.2) is 24.0 Å². The lowest BCUT2D eigenvalue weighted by Gasteiger charge is -2.19. The van der Waals surface area contributed by atoms with Gasteiger partial charge < -0.3 is 14.8 Å². The van der Waals surface area contributed by atoms with Crippen LogP contribution in [0.4, 0.5) is 10.1 Å². The summed E-state index contributed by atoms with van der Waals surface area (Å²) in [4.78, 5) is 23.3. The minimum absolute atomic E-state index is 0.0731. The number of ether oxygens (including phenoxy) is 2. The molecule has 26 heavy (non-hydrogen) atoms. The van der Waals surface area contributed by atoms with E-state index < -0.39 is 22.8 Å². The Balaban J connectivity index is 1.93. The van der Waals surface area contributed by atoms with Gasteiger partial charge in [0, 0.05) is 11.6 Å². The first-order valence-corrected chi connectivity index (χ1v) is 8.03. The normalized spacial score (nSPS) is 14.4. The molecule has 1 N–H and O–H groups in total. The van der Waals surface area contributed by atoms with Crippen LogP contribution in [0.25, 0.3) is 0 Å². The van der Waals surface area contributed by atoms with Crippen LogP contribution in [0.15, 0.2) is 42.5 Å². The number of nitro benzene ring substituents is 1. The van der Waals surface area contributed by atoms with Crippen LogP contribution in [0.5, 0.6) is 11.5 Å². The fourth-order valence-corrected chi connectivity index (χ4v) is 2.41. The van der Waals surface area contributed by atoms with Gasteiger partial charge in [0.2, 0.25) is 6.10 Å². The molecule has 0 aromatic heterocycles. The zero-order valence-corrected chi connectivity index (χ0v) is 14.0. The summed E-state index contributed by atoms with van der Waals surface area (Å²) in [6, 6.07) is 9.43. The molecule has 1 aliphatic rings. The van der Waals surface area contributed by atoms with E-state index in [4.69, 9.17) is 9.47 Å². The second kappa shape index (κ2) is 7.38. The van der Waals surface area contributed by atoms with Crippen molar-refractivity contribution in [3.63, 3.8) is 0 Å². The lowest BCUT2D eigenvalue weighted by Crippen LogP contribution is -2.34. The summed E-state index contributed by atoms with van der Waals surface area (Å²) in [7, 11) is 1.39. The van der Waals surface area contributed by atoms with Gasteiger partial charge in [0.15, 0.2) is 5.75 Å². The van der Waals surface area contributed by atoms with Crippen molar-refractivity contribution in [1.29, 1.82) is 0 Å². The maximum absolute atomic E-state index is 13.2. The van der Waals surface area contributed by atoms with Gasteiger partial charge in [-0.05, 0) is 37.1 Å².